The lowest BCUT2D eigenvalue weighted by Crippen LogP contribution is -2.40. The van der Waals surface area contributed by atoms with Crippen molar-refractivity contribution in [2.45, 2.75) is 31.7 Å². The molecule has 0 saturated carbocycles. The van der Waals surface area contributed by atoms with Gasteiger partial charge in [0.2, 0.25) is 0 Å². The van der Waals surface area contributed by atoms with Gasteiger partial charge in [0, 0.05) is 5.75 Å². The number of carbonyl (C=O) groups excluding carboxylic acids is 1. The Kier molecular flexibility index (Phi) is 5.48. The maximum absolute atomic E-state index is 11.0. The molecule has 0 saturated heterocycles. The molecule has 0 bridgehead atoms. The zero-order valence-electron chi connectivity index (χ0n) is 6.84. The molecule has 72 valence electrons. The molecule has 0 radical (unpaired) electrons. The predicted octanol–water partition coefficient (Wildman–Crippen LogP) is -1.02. The Balaban J connectivity index is 4.09. The second-order valence-electron chi connectivity index (χ2n) is 2.52. The second kappa shape index (κ2) is 5.53. The van der Waals surface area contributed by atoms with Gasteiger partial charge in [-0.15, -0.1) is 0 Å². The van der Waals surface area contributed by atoms with Crippen molar-refractivity contribution in [3.8, 4) is 0 Å². The third-order valence-corrected chi connectivity index (χ3v) is 1.92. The molecule has 5 heteroatoms. The summed E-state index contributed by atoms with van der Waals surface area (Å²) in [5.74, 6) is -0.828. The fourth-order valence-electron chi connectivity index (χ4n) is 0.700. The maximum atomic E-state index is 11.0. The Labute approximate surface area is 76.6 Å². The van der Waals surface area contributed by atoms with E-state index in [0.29, 0.717) is 0 Å². The van der Waals surface area contributed by atoms with Gasteiger partial charge in [0.1, 0.15) is 12.2 Å². The molecule has 1 unspecified atom stereocenters. The number of rotatable bonds is 5. The highest BCUT2D eigenvalue weighted by Crippen LogP contribution is 2.03. The molecule has 0 heterocycles. The molecule has 0 rings (SSSR count). The molecule has 4 nitrogen and oxygen atoms in total. The van der Waals surface area contributed by atoms with E-state index in [1.54, 1.807) is 6.92 Å². The highest BCUT2D eigenvalue weighted by molar-refractivity contribution is 7.80. The molecule has 0 aliphatic carbocycles. The van der Waals surface area contributed by atoms with Crippen molar-refractivity contribution in [1.82, 2.24) is 0 Å². The molecule has 0 amide bonds. The summed E-state index contributed by atoms with van der Waals surface area (Å²) < 4.78 is 0. The molecule has 0 spiro atoms. The van der Waals surface area contributed by atoms with Crippen LogP contribution < -0.4 is 0 Å². The van der Waals surface area contributed by atoms with Gasteiger partial charge in [-0.2, -0.15) is 12.6 Å². The first-order chi connectivity index (χ1) is 5.54. The normalized spacial score (nSPS) is 18.4. The topological polar surface area (TPSA) is 77.8 Å². The van der Waals surface area contributed by atoms with Crippen molar-refractivity contribution < 1.29 is 20.1 Å². The van der Waals surface area contributed by atoms with Crippen LogP contribution in [0.1, 0.15) is 13.3 Å². The summed E-state index contributed by atoms with van der Waals surface area (Å²) in [7, 11) is 0. The van der Waals surface area contributed by atoms with Crippen LogP contribution in [0.5, 0.6) is 0 Å². The number of aliphatic hydroxyl groups is 3. The van der Waals surface area contributed by atoms with E-state index in [2.05, 4.69) is 12.6 Å². The first-order valence-corrected chi connectivity index (χ1v) is 4.36. The summed E-state index contributed by atoms with van der Waals surface area (Å²) in [5, 5.41) is 27.1. The van der Waals surface area contributed by atoms with E-state index in [-0.39, 0.29) is 12.2 Å². The molecule has 0 aliphatic rings. The average Bonchev–Trinajstić information content (AvgIpc) is 2.12. The fourth-order valence-corrected chi connectivity index (χ4v) is 0.880. The fraction of sp³-hybridized carbons (Fsp3) is 0.857. The molecular weight excluding hydrogens is 180 g/mol. The largest absolute Gasteiger partial charge is 0.390 e. The van der Waals surface area contributed by atoms with Gasteiger partial charge in [-0.3, -0.25) is 4.79 Å². The highest BCUT2D eigenvalue weighted by atomic mass is 32.1. The Morgan fingerprint density at radius 1 is 1.42 bits per heavy atom. The summed E-state index contributed by atoms with van der Waals surface area (Å²) in [4.78, 5) is 11.0. The number of hydrogen-bond donors (Lipinski definition) is 4. The zero-order valence-corrected chi connectivity index (χ0v) is 7.74. The van der Waals surface area contributed by atoms with Crippen LogP contribution in [0.3, 0.4) is 0 Å². The number of Topliss-reactive ketones (excluding diaryl/α,β-unsaturated/α-hetero) is 1. The number of thiol groups is 1. The number of aliphatic hydroxyl groups excluding tert-OH is 3. The summed E-state index contributed by atoms with van der Waals surface area (Å²) in [6.45, 7) is 1.63. The van der Waals surface area contributed by atoms with Crippen LogP contribution in [0.15, 0.2) is 0 Å². The Morgan fingerprint density at radius 3 is 2.25 bits per heavy atom. The van der Waals surface area contributed by atoms with Crippen LogP contribution in [-0.2, 0) is 4.79 Å². The molecular formula is C7H14O4S. The summed E-state index contributed by atoms with van der Waals surface area (Å²) in [6.07, 6.45) is -3.64. The molecule has 0 fully saturated rings. The lowest BCUT2D eigenvalue weighted by Gasteiger charge is -2.16. The molecule has 0 aromatic heterocycles. The number of carbonyl (C=O) groups is 1. The van der Waals surface area contributed by atoms with Crippen molar-refractivity contribution in [3.63, 3.8) is 0 Å². The van der Waals surface area contributed by atoms with Crippen molar-refractivity contribution in [3.05, 3.63) is 0 Å². The molecule has 3 N–H and O–H groups in total. The van der Waals surface area contributed by atoms with Crippen LogP contribution in [0.25, 0.3) is 0 Å². The van der Waals surface area contributed by atoms with Gasteiger partial charge in [0.15, 0.2) is 5.78 Å². The summed E-state index contributed by atoms with van der Waals surface area (Å²) in [6, 6.07) is 0. The quantitative estimate of drug-likeness (QED) is 0.422. The van der Waals surface area contributed by atoms with Gasteiger partial charge in [-0.25, -0.2) is 0 Å². The minimum atomic E-state index is -1.50. The van der Waals surface area contributed by atoms with E-state index in [1.807, 2.05) is 0 Å². The Bertz CT molecular complexity index is 150. The number of hydrogen-bond acceptors (Lipinski definition) is 5. The Hall–Kier alpha value is -0.100. The first-order valence-electron chi connectivity index (χ1n) is 3.73. The maximum Gasteiger partial charge on any atom is 0.193 e. The molecule has 0 aromatic rings. The zero-order chi connectivity index (χ0) is 9.72. The van der Waals surface area contributed by atoms with E-state index in [4.69, 9.17) is 15.3 Å². The molecule has 0 aromatic carbocycles. The van der Waals surface area contributed by atoms with Crippen molar-refractivity contribution in [2.24, 2.45) is 0 Å². The average molecular weight is 194 g/mol. The lowest BCUT2D eigenvalue weighted by atomic mass is 10.0. The minimum absolute atomic E-state index is 0.0493. The van der Waals surface area contributed by atoms with E-state index in [1.165, 1.54) is 0 Å². The smallest absolute Gasteiger partial charge is 0.193 e. The first kappa shape index (κ1) is 11.9. The van der Waals surface area contributed by atoms with E-state index in [0.717, 1.165) is 0 Å². The van der Waals surface area contributed by atoms with Gasteiger partial charge in [0.05, 0.1) is 6.10 Å². The van der Waals surface area contributed by atoms with Gasteiger partial charge < -0.3 is 15.3 Å². The van der Waals surface area contributed by atoms with Gasteiger partial charge in [-0.1, -0.05) is 6.92 Å². The number of ketones is 1. The third-order valence-electron chi connectivity index (χ3n) is 1.58. The van der Waals surface area contributed by atoms with Crippen LogP contribution >= 0.6 is 12.6 Å². The second-order valence-corrected chi connectivity index (χ2v) is 2.89. The molecule has 3 atom stereocenters. The summed E-state index contributed by atoms with van der Waals surface area (Å²) >= 11 is 3.68. The van der Waals surface area contributed by atoms with Gasteiger partial charge >= 0.3 is 0 Å². The van der Waals surface area contributed by atoms with Crippen molar-refractivity contribution in [1.29, 1.82) is 0 Å². The van der Waals surface area contributed by atoms with Crippen LogP contribution in [0.4, 0.5) is 0 Å². The monoisotopic (exact) mass is 194 g/mol. The highest BCUT2D eigenvalue weighted by Gasteiger charge is 2.27. The third kappa shape index (κ3) is 3.10. The van der Waals surface area contributed by atoms with Crippen molar-refractivity contribution in [2.75, 3.05) is 5.75 Å². The van der Waals surface area contributed by atoms with Crippen LogP contribution in [0.2, 0.25) is 0 Å². The minimum Gasteiger partial charge on any atom is -0.390 e. The predicted molar refractivity (Wildman–Crippen MR) is 47.2 cm³/mol. The lowest BCUT2D eigenvalue weighted by molar-refractivity contribution is -0.140. The molecule has 12 heavy (non-hydrogen) atoms. The van der Waals surface area contributed by atoms with E-state index < -0.39 is 24.1 Å². The van der Waals surface area contributed by atoms with E-state index in [9.17, 15) is 4.79 Å². The van der Waals surface area contributed by atoms with Crippen LogP contribution in [-0.4, -0.2) is 45.2 Å². The van der Waals surface area contributed by atoms with Gasteiger partial charge in [-0.05, 0) is 6.42 Å². The van der Waals surface area contributed by atoms with E-state index >= 15 is 0 Å². The van der Waals surface area contributed by atoms with Crippen molar-refractivity contribution >= 4 is 18.4 Å². The molecule has 0 aliphatic heterocycles. The SMILES string of the molecule is CCC(O)[C@@H](O)C(=O)[C@@H](O)CS. The summed E-state index contributed by atoms with van der Waals surface area (Å²) in [5.41, 5.74) is 0. The van der Waals surface area contributed by atoms with Gasteiger partial charge in [0.25, 0.3) is 0 Å². The standard InChI is InChI=1S/C7H14O4S/c1-2-4(8)6(10)7(11)5(9)3-12/h4-6,8-10,12H,2-3H2,1H3/t4?,5-,6+/m0/s1. The van der Waals surface area contributed by atoms with Crippen LogP contribution in [0, 0.1) is 0 Å². The Morgan fingerprint density at radius 2 is 1.92 bits per heavy atom.